The second-order valence-corrected chi connectivity index (χ2v) is 2.73. The van der Waals surface area contributed by atoms with Crippen molar-refractivity contribution in [3.8, 4) is 5.69 Å². The summed E-state index contributed by atoms with van der Waals surface area (Å²) in [4.78, 5) is 10.4. The van der Waals surface area contributed by atoms with Crippen molar-refractivity contribution in [1.82, 2.24) is 9.78 Å². The first-order valence-electron chi connectivity index (χ1n) is 4.21. The highest BCUT2D eigenvalue weighted by Gasteiger charge is 2.01. The molecule has 1 amide bonds. The Morgan fingerprint density at radius 2 is 2.14 bits per heavy atom. The molecule has 2 rings (SSSR count). The van der Waals surface area contributed by atoms with Gasteiger partial charge in [0.1, 0.15) is 0 Å². The highest BCUT2D eigenvalue weighted by atomic mass is 16.1. The first-order valence-corrected chi connectivity index (χ1v) is 4.21. The molecule has 1 heterocycles. The van der Waals surface area contributed by atoms with Crippen LogP contribution in [0.2, 0.25) is 0 Å². The second kappa shape index (κ2) is 3.74. The number of amides is 1. The van der Waals surface area contributed by atoms with Crippen molar-refractivity contribution in [3.63, 3.8) is 0 Å². The van der Waals surface area contributed by atoms with Crippen LogP contribution < -0.4 is 5.32 Å². The number of aromatic nitrogens is 2. The normalized spacial score (nSPS) is 9.71. The van der Waals surface area contributed by atoms with Crippen molar-refractivity contribution in [2.24, 2.45) is 0 Å². The van der Waals surface area contributed by atoms with Gasteiger partial charge in [-0.15, -0.1) is 0 Å². The summed E-state index contributed by atoms with van der Waals surface area (Å²) in [6.45, 7) is 0. The first-order chi connectivity index (χ1) is 6.92. The lowest BCUT2D eigenvalue weighted by molar-refractivity contribution is -0.105. The van der Waals surface area contributed by atoms with E-state index in [0.717, 1.165) is 11.4 Å². The third-order valence-corrected chi connectivity index (χ3v) is 1.87. The molecule has 1 aromatic carbocycles. The Labute approximate surface area is 81.2 Å². The number of carbonyl (C=O) groups excluding carboxylic acids is 1. The maximum Gasteiger partial charge on any atom is 0.211 e. The van der Waals surface area contributed by atoms with Crippen molar-refractivity contribution in [1.29, 1.82) is 0 Å². The van der Waals surface area contributed by atoms with Crippen molar-refractivity contribution in [3.05, 3.63) is 42.7 Å². The Kier molecular flexibility index (Phi) is 2.27. The first kappa shape index (κ1) is 8.50. The van der Waals surface area contributed by atoms with Crippen LogP contribution in [0.5, 0.6) is 0 Å². The fourth-order valence-electron chi connectivity index (χ4n) is 1.27. The van der Waals surface area contributed by atoms with Crippen LogP contribution in [0, 0.1) is 0 Å². The number of rotatable bonds is 3. The Hall–Kier alpha value is -2.10. The number of carbonyl (C=O) groups is 1. The molecule has 14 heavy (non-hydrogen) atoms. The molecule has 4 nitrogen and oxygen atoms in total. The number of hydrogen-bond acceptors (Lipinski definition) is 2. The van der Waals surface area contributed by atoms with Crippen molar-refractivity contribution < 1.29 is 4.79 Å². The molecular formula is C10H9N3O. The molecule has 0 aliphatic rings. The van der Waals surface area contributed by atoms with Gasteiger partial charge in [-0.2, -0.15) is 5.10 Å². The van der Waals surface area contributed by atoms with Gasteiger partial charge in [-0.3, -0.25) is 4.79 Å². The molecule has 0 saturated carbocycles. The maximum atomic E-state index is 10.4. The molecule has 70 valence electrons. The summed E-state index contributed by atoms with van der Waals surface area (Å²) in [7, 11) is 0. The zero-order valence-corrected chi connectivity index (χ0v) is 7.42. The molecule has 0 aliphatic heterocycles. The summed E-state index contributed by atoms with van der Waals surface area (Å²) in [6.07, 6.45) is 4.17. The minimum Gasteiger partial charge on any atom is -0.327 e. The van der Waals surface area contributed by atoms with Gasteiger partial charge < -0.3 is 5.32 Å². The van der Waals surface area contributed by atoms with Crippen LogP contribution in [0.1, 0.15) is 0 Å². The predicted octanol–water partition coefficient (Wildman–Crippen LogP) is 1.44. The van der Waals surface area contributed by atoms with Crippen LogP contribution in [-0.4, -0.2) is 16.2 Å². The number of nitrogens with zero attached hydrogens (tertiary/aromatic N) is 2. The molecule has 0 spiro atoms. The lowest BCUT2D eigenvalue weighted by atomic mass is 10.2. The summed E-state index contributed by atoms with van der Waals surface area (Å²) < 4.78 is 1.70. The van der Waals surface area contributed by atoms with Gasteiger partial charge in [-0.05, 0) is 18.2 Å². The van der Waals surface area contributed by atoms with E-state index in [4.69, 9.17) is 0 Å². The average molecular weight is 187 g/mol. The minimum atomic E-state index is 0.655. The van der Waals surface area contributed by atoms with Crippen molar-refractivity contribution in [2.75, 3.05) is 5.32 Å². The number of anilines is 1. The predicted molar refractivity (Wildman–Crippen MR) is 53.3 cm³/mol. The van der Waals surface area contributed by atoms with E-state index >= 15 is 0 Å². The molecule has 0 unspecified atom stereocenters. The summed E-state index contributed by atoms with van der Waals surface area (Å²) in [5.41, 5.74) is 1.59. The van der Waals surface area contributed by atoms with Crippen LogP contribution in [0.25, 0.3) is 5.69 Å². The Morgan fingerprint density at radius 3 is 2.86 bits per heavy atom. The Bertz CT molecular complexity index is 423. The van der Waals surface area contributed by atoms with E-state index in [0.29, 0.717) is 6.41 Å². The zero-order valence-electron chi connectivity index (χ0n) is 7.42. The monoisotopic (exact) mass is 187 g/mol. The lowest BCUT2D eigenvalue weighted by Gasteiger charge is -2.06. The van der Waals surface area contributed by atoms with Crippen LogP contribution in [0.15, 0.2) is 42.7 Å². The molecule has 1 aromatic heterocycles. The average Bonchev–Trinajstić information content (AvgIpc) is 2.72. The molecule has 1 N–H and O–H groups in total. The molecule has 0 radical (unpaired) electrons. The van der Waals surface area contributed by atoms with E-state index in [2.05, 4.69) is 10.4 Å². The second-order valence-electron chi connectivity index (χ2n) is 2.73. The summed E-state index contributed by atoms with van der Waals surface area (Å²) in [5, 5.41) is 6.71. The largest absolute Gasteiger partial charge is 0.327 e. The SMILES string of the molecule is O=CNc1ccccc1-n1cccn1. The van der Waals surface area contributed by atoms with E-state index in [1.165, 1.54) is 0 Å². The summed E-state index contributed by atoms with van der Waals surface area (Å²) >= 11 is 0. The van der Waals surface area contributed by atoms with Gasteiger partial charge in [0.25, 0.3) is 0 Å². The van der Waals surface area contributed by atoms with E-state index in [-0.39, 0.29) is 0 Å². The number of nitrogens with one attached hydrogen (secondary N) is 1. The number of benzene rings is 1. The standard InChI is InChI=1S/C10H9N3O/c14-8-11-9-4-1-2-5-10(9)13-7-3-6-12-13/h1-8H,(H,11,14). The minimum absolute atomic E-state index is 0.655. The quantitative estimate of drug-likeness (QED) is 0.739. The van der Waals surface area contributed by atoms with Gasteiger partial charge in [-0.25, -0.2) is 4.68 Å². The van der Waals surface area contributed by atoms with Crippen molar-refractivity contribution >= 4 is 12.1 Å². The molecular weight excluding hydrogens is 178 g/mol. The van der Waals surface area contributed by atoms with Gasteiger partial charge >= 0.3 is 0 Å². The fraction of sp³-hybridized carbons (Fsp3) is 0. The topological polar surface area (TPSA) is 46.9 Å². The lowest BCUT2D eigenvalue weighted by Crippen LogP contribution is -2.02. The maximum absolute atomic E-state index is 10.4. The van der Waals surface area contributed by atoms with E-state index < -0.39 is 0 Å². The molecule has 0 aliphatic carbocycles. The highest BCUT2D eigenvalue weighted by molar-refractivity contribution is 5.76. The highest BCUT2D eigenvalue weighted by Crippen LogP contribution is 2.17. The van der Waals surface area contributed by atoms with Gasteiger partial charge in [0, 0.05) is 12.4 Å². The van der Waals surface area contributed by atoms with E-state index in [1.54, 1.807) is 10.9 Å². The molecule has 2 aromatic rings. The van der Waals surface area contributed by atoms with Crippen LogP contribution in [-0.2, 0) is 4.79 Å². The molecule has 0 bridgehead atoms. The Balaban J connectivity index is 2.46. The van der Waals surface area contributed by atoms with E-state index in [1.807, 2.05) is 36.5 Å². The van der Waals surface area contributed by atoms with E-state index in [9.17, 15) is 4.79 Å². The summed E-state index contributed by atoms with van der Waals surface area (Å²) in [5.74, 6) is 0. The molecule has 0 saturated heterocycles. The van der Waals surface area contributed by atoms with Gasteiger partial charge in [0.2, 0.25) is 6.41 Å². The molecule has 0 fully saturated rings. The zero-order chi connectivity index (χ0) is 9.80. The Morgan fingerprint density at radius 1 is 1.29 bits per heavy atom. The van der Waals surface area contributed by atoms with Crippen LogP contribution in [0.4, 0.5) is 5.69 Å². The fourth-order valence-corrected chi connectivity index (χ4v) is 1.27. The van der Waals surface area contributed by atoms with Gasteiger partial charge in [0.15, 0.2) is 0 Å². The number of para-hydroxylation sites is 2. The third kappa shape index (κ3) is 1.50. The third-order valence-electron chi connectivity index (χ3n) is 1.87. The molecule has 0 atom stereocenters. The summed E-state index contributed by atoms with van der Waals surface area (Å²) in [6, 6.07) is 9.30. The van der Waals surface area contributed by atoms with Gasteiger partial charge in [0.05, 0.1) is 11.4 Å². The van der Waals surface area contributed by atoms with Gasteiger partial charge in [-0.1, -0.05) is 12.1 Å². The smallest absolute Gasteiger partial charge is 0.211 e. The molecule has 4 heteroatoms. The number of hydrogen-bond donors (Lipinski definition) is 1. The van der Waals surface area contributed by atoms with Crippen molar-refractivity contribution in [2.45, 2.75) is 0 Å². The van der Waals surface area contributed by atoms with Crippen LogP contribution in [0.3, 0.4) is 0 Å². The van der Waals surface area contributed by atoms with Crippen LogP contribution >= 0.6 is 0 Å².